The topological polar surface area (TPSA) is 63.0 Å². The summed E-state index contributed by atoms with van der Waals surface area (Å²) in [4.78, 5) is 4.12. The van der Waals surface area contributed by atoms with Crippen molar-refractivity contribution in [2.24, 2.45) is 5.92 Å². The van der Waals surface area contributed by atoms with E-state index in [9.17, 15) is 9.50 Å². The molecule has 0 bridgehead atoms. The monoisotopic (exact) mass is 390 g/mol. The highest BCUT2D eigenvalue weighted by atomic mass is 35.5. The summed E-state index contributed by atoms with van der Waals surface area (Å²) >= 11 is 6.05. The molecular weight excluding hydrogens is 367 g/mol. The first-order chi connectivity index (χ1) is 12.9. The maximum atomic E-state index is 12.4. The fourth-order valence-electron chi connectivity index (χ4n) is 3.21. The van der Waals surface area contributed by atoms with Crippen LogP contribution in [0.1, 0.15) is 43.7 Å². The quantitative estimate of drug-likeness (QED) is 0.604. The van der Waals surface area contributed by atoms with Crippen molar-refractivity contribution in [2.75, 3.05) is 18.5 Å². The van der Waals surface area contributed by atoms with E-state index in [2.05, 4.69) is 27.2 Å². The largest absolute Gasteiger partial charge is 0.390 e. The number of hydrogen-bond donors (Lipinski definition) is 2. The highest BCUT2D eigenvalue weighted by molar-refractivity contribution is 6.29. The zero-order valence-electron chi connectivity index (χ0n) is 15.4. The first kappa shape index (κ1) is 19.7. The van der Waals surface area contributed by atoms with E-state index >= 15 is 0 Å². The summed E-state index contributed by atoms with van der Waals surface area (Å²) in [5.74, 6) is 6.64. The van der Waals surface area contributed by atoms with Crippen LogP contribution < -0.4 is 5.32 Å². The number of pyridine rings is 1. The van der Waals surface area contributed by atoms with Crippen LogP contribution in [-0.2, 0) is 6.54 Å². The van der Waals surface area contributed by atoms with Crippen molar-refractivity contribution in [3.8, 4) is 11.8 Å². The Labute approximate surface area is 164 Å². The molecule has 2 N–H and O–H groups in total. The molecule has 0 radical (unpaired) electrons. The number of aryl methyl sites for hydroxylation is 1. The standard InChI is InChI=1S/C20H24ClFN4O/c1-20(27)6-4-15(5-7-20)11-23-18-10-19(21)24-13-17(18)3-2-16-12-25-26(14-16)9-8-22/h10,12-15,27H,4-9,11H2,1H3,(H,23,24). The van der Waals surface area contributed by atoms with Gasteiger partial charge >= 0.3 is 0 Å². The van der Waals surface area contributed by atoms with Gasteiger partial charge in [-0.1, -0.05) is 23.4 Å². The van der Waals surface area contributed by atoms with Gasteiger partial charge in [-0.3, -0.25) is 4.68 Å². The molecule has 2 aromatic rings. The van der Waals surface area contributed by atoms with Crippen LogP contribution in [0.4, 0.5) is 10.1 Å². The number of hydrogen-bond acceptors (Lipinski definition) is 4. The van der Waals surface area contributed by atoms with Crippen LogP contribution in [0.15, 0.2) is 24.7 Å². The third-order valence-electron chi connectivity index (χ3n) is 4.92. The first-order valence-electron chi connectivity index (χ1n) is 9.17. The second kappa shape index (κ2) is 8.73. The van der Waals surface area contributed by atoms with Crippen molar-refractivity contribution < 1.29 is 9.50 Å². The number of halogens is 2. The first-order valence-corrected chi connectivity index (χ1v) is 9.55. The molecule has 27 heavy (non-hydrogen) atoms. The number of nitrogens with one attached hydrogen (secondary N) is 1. The number of aliphatic hydroxyl groups is 1. The van der Waals surface area contributed by atoms with Crippen LogP contribution in [0.25, 0.3) is 0 Å². The molecule has 1 aliphatic rings. The van der Waals surface area contributed by atoms with Crippen molar-refractivity contribution in [3.63, 3.8) is 0 Å². The molecule has 2 heterocycles. The third kappa shape index (κ3) is 5.69. The lowest BCUT2D eigenvalue weighted by Gasteiger charge is -2.33. The molecule has 0 aromatic carbocycles. The molecule has 1 fully saturated rings. The van der Waals surface area contributed by atoms with Crippen LogP contribution in [0.5, 0.6) is 0 Å². The summed E-state index contributed by atoms with van der Waals surface area (Å²) in [6.45, 7) is 2.48. The summed E-state index contributed by atoms with van der Waals surface area (Å²) in [7, 11) is 0. The molecule has 0 amide bonds. The van der Waals surface area contributed by atoms with Crippen molar-refractivity contribution in [3.05, 3.63) is 40.9 Å². The van der Waals surface area contributed by atoms with Gasteiger partial charge < -0.3 is 10.4 Å². The minimum atomic E-state index is -0.528. The fraction of sp³-hybridized carbons (Fsp3) is 0.500. The molecule has 7 heteroatoms. The summed E-state index contributed by atoms with van der Waals surface area (Å²) in [6.07, 6.45) is 8.62. The van der Waals surface area contributed by atoms with E-state index in [-0.39, 0.29) is 6.54 Å². The molecule has 0 spiro atoms. The Morgan fingerprint density at radius 3 is 2.89 bits per heavy atom. The number of anilines is 1. The molecule has 5 nitrogen and oxygen atoms in total. The molecule has 1 aliphatic carbocycles. The van der Waals surface area contributed by atoms with E-state index in [1.54, 1.807) is 24.7 Å². The SMILES string of the molecule is CC1(O)CCC(CNc2cc(Cl)ncc2C#Cc2cnn(CCF)c2)CC1. The van der Waals surface area contributed by atoms with Crippen LogP contribution in [0.2, 0.25) is 5.15 Å². The average Bonchev–Trinajstić information content (AvgIpc) is 3.08. The van der Waals surface area contributed by atoms with Gasteiger partial charge in [0.2, 0.25) is 0 Å². The van der Waals surface area contributed by atoms with Gasteiger partial charge in [0.05, 0.1) is 35.2 Å². The number of rotatable bonds is 5. The summed E-state index contributed by atoms with van der Waals surface area (Å²) in [6, 6.07) is 1.77. The molecule has 1 saturated carbocycles. The number of aromatic nitrogens is 3. The summed E-state index contributed by atoms with van der Waals surface area (Å²) < 4.78 is 13.9. The molecule has 0 saturated heterocycles. The maximum absolute atomic E-state index is 12.4. The zero-order chi connectivity index (χ0) is 19.3. The molecular formula is C20H24ClFN4O. The molecule has 0 aliphatic heterocycles. The van der Waals surface area contributed by atoms with Gasteiger partial charge in [0.25, 0.3) is 0 Å². The van der Waals surface area contributed by atoms with Gasteiger partial charge in [0.15, 0.2) is 0 Å². The van der Waals surface area contributed by atoms with Gasteiger partial charge in [-0.15, -0.1) is 0 Å². The lowest BCUT2D eigenvalue weighted by Crippen LogP contribution is -2.32. The molecule has 144 valence electrons. The molecule has 0 atom stereocenters. The number of nitrogens with zero attached hydrogens (tertiary/aromatic N) is 3. The van der Waals surface area contributed by atoms with E-state index < -0.39 is 12.3 Å². The smallest absolute Gasteiger partial charge is 0.131 e. The Bertz CT molecular complexity index is 830. The van der Waals surface area contributed by atoms with Gasteiger partial charge in [0.1, 0.15) is 11.8 Å². The van der Waals surface area contributed by atoms with Crippen LogP contribution >= 0.6 is 11.6 Å². The normalized spacial score (nSPS) is 22.1. The van der Waals surface area contributed by atoms with Crippen molar-refractivity contribution >= 4 is 17.3 Å². The summed E-state index contributed by atoms with van der Waals surface area (Å²) in [5, 5.41) is 18.0. The van der Waals surface area contributed by atoms with Gasteiger partial charge in [-0.25, -0.2) is 9.37 Å². The highest BCUT2D eigenvalue weighted by Crippen LogP contribution is 2.32. The molecule has 0 unspecified atom stereocenters. The van der Waals surface area contributed by atoms with Gasteiger partial charge in [-0.05, 0) is 44.6 Å². The summed E-state index contributed by atoms with van der Waals surface area (Å²) in [5.41, 5.74) is 1.79. The predicted molar refractivity (Wildman–Crippen MR) is 105 cm³/mol. The van der Waals surface area contributed by atoms with E-state index in [4.69, 9.17) is 11.6 Å². The molecule has 3 rings (SSSR count). The zero-order valence-corrected chi connectivity index (χ0v) is 16.1. The van der Waals surface area contributed by atoms with Crippen molar-refractivity contribution in [1.82, 2.24) is 14.8 Å². The highest BCUT2D eigenvalue weighted by Gasteiger charge is 2.28. The Morgan fingerprint density at radius 2 is 2.15 bits per heavy atom. The second-order valence-corrected chi connectivity index (χ2v) is 7.69. The Morgan fingerprint density at radius 1 is 1.37 bits per heavy atom. The van der Waals surface area contributed by atoms with E-state index in [1.165, 1.54) is 4.68 Å². The minimum absolute atomic E-state index is 0.227. The Hall–Kier alpha value is -2.10. The lowest BCUT2D eigenvalue weighted by atomic mass is 9.80. The van der Waals surface area contributed by atoms with Crippen LogP contribution in [0, 0.1) is 17.8 Å². The van der Waals surface area contributed by atoms with E-state index in [0.29, 0.717) is 11.1 Å². The predicted octanol–water partition coefficient (Wildman–Crippen LogP) is 3.65. The Balaban J connectivity index is 1.67. The maximum Gasteiger partial charge on any atom is 0.131 e. The number of alkyl halides is 1. The van der Waals surface area contributed by atoms with Crippen molar-refractivity contribution in [2.45, 2.75) is 44.8 Å². The van der Waals surface area contributed by atoms with Crippen molar-refractivity contribution in [1.29, 1.82) is 0 Å². The second-order valence-electron chi connectivity index (χ2n) is 7.30. The Kier molecular flexibility index (Phi) is 6.35. The van der Waals surface area contributed by atoms with E-state index in [1.807, 2.05) is 6.92 Å². The fourth-order valence-corrected chi connectivity index (χ4v) is 3.37. The van der Waals surface area contributed by atoms with E-state index in [0.717, 1.165) is 49.0 Å². The lowest BCUT2D eigenvalue weighted by molar-refractivity contribution is 0.00977. The molecule has 2 aromatic heterocycles. The van der Waals surface area contributed by atoms with Crippen LogP contribution in [-0.4, -0.2) is 38.7 Å². The third-order valence-corrected chi connectivity index (χ3v) is 5.13. The minimum Gasteiger partial charge on any atom is -0.390 e. The van der Waals surface area contributed by atoms with Gasteiger partial charge in [-0.2, -0.15) is 5.10 Å². The average molecular weight is 391 g/mol. The van der Waals surface area contributed by atoms with Crippen LogP contribution in [0.3, 0.4) is 0 Å². The van der Waals surface area contributed by atoms with Gasteiger partial charge in [0, 0.05) is 18.9 Å².